The molecule has 2 N–H and O–H groups in total. The molecule has 70 valence electrons. The Bertz CT molecular complexity index is 269. The van der Waals surface area contributed by atoms with Gasteiger partial charge in [-0.2, -0.15) is 0 Å². The molecule has 4 nitrogen and oxygen atoms in total. The summed E-state index contributed by atoms with van der Waals surface area (Å²) in [5.74, 6) is 0. The van der Waals surface area contributed by atoms with Crippen molar-refractivity contribution in [3.63, 3.8) is 0 Å². The Kier molecular flexibility index (Phi) is 2.77. The highest BCUT2D eigenvalue weighted by atomic mass is 32.2. The van der Waals surface area contributed by atoms with E-state index in [0.29, 0.717) is 6.54 Å². The molecular weight excluding hydrogens is 186 g/mol. The predicted octanol–water partition coefficient (Wildman–Crippen LogP) is -0.0986. The number of rotatable bonds is 2. The van der Waals surface area contributed by atoms with Crippen LogP contribution in [0.5, 0.6) is 0 Å². The molecule has 1 saturated heterocycles. The van der Waals surface area contributed by atoms with Crippen molar-refractivity contribution in [1.29, 1.82) is 0 Å². The third-order valence-electron chi connectivity index (χ3n) is 1.94. The van der Waals surface area contributed by atoms with E-state index in [4.69, 9.17) is 0 Å². The predicted molar refractivity (Wildman–Crippen MR) is 50.6 cm³/mol. The molecule has 0 aromatic carbocycles. The fraction of sp³-hybridized carbons (Fsp3) is 0.500. The lowest BCUT2D eigenvalue weighted by Crippen LogP contribution is -2.20. The molecule has 0 saturated carbocycles. The Balaban J connectivity index is 1.98. The van der Waals surface area contributed by atoms with Crippen LogP contribution >= 0.6 is 11.8 Å². The molecule has 1 fully saturated rings. The van der Waals surface area contributed by atoms with Crippen molar-refractivity contribution >= 4 is 11.8 Å². The van der Waals surface area contributed by atoms with Crippen LogP contribution in [0, 0.1) is 0 Å². The van der Waals surface area contributed by atoms with Crippen molar-refractivity contribution in [2.75, 3.05) is 13.1 Å². The largest absolute Gasteiger partial charge is 0.391 e. The van der Waals surface area contributed by atoms with Gasteiger partial charge in [-0.3, -0.25) is 4.98 Å². The zero-order valence-corrected chi connectivity index (χ0v) is 7.87. The summed E-state index contributed by atoms with van der Waals surface area (Å²) in [6.45, 7) is 1.51. The Morgan fingerprint density at radius 1 is 1.46 bits per heavy atom. The van der Waals surface area contributed by atoms with Gasteiger partial charge >= 0.3 is 0 Å². The van der Waals surface area contributed by atoms with Crippen molar-refractivity contribution in [2.45, 2.75) is 16.4 Å². The second-order valence-corrected chi connectivity index (χ2v) is 4.19. The SMILES string of the molecule is OC1CNCC1Sc1cnccn1. The maximum atomic E-state index is 9.52. The van der Waals surface area contributed by atoms with Crippen molar-refractivity contribution < 1.29 is 5.11 Å². The van der Waals surface area contributed by atoms with Gasteiger partial charge in [0, 0.05) is 25.5 Å². The van der Waals surface area contributed by atoms with Crippen LogP contribution in [-0.2, 0) is 0 Å². The van der Waals surface area contributed by atoms with E-state index >= 15 is 0 Å². The smallest absolute Gasteiger partial charge is 0.115 e. The van der Waals surface area contributed by atoms with E-state index in [-0.39, 0.29) is 11.4 Å². The molecule has 1 aliphatic rings. The highest BCUT2D eigenvalue weighted by Gasteiger charge is 2.25. The molecule has 0 spiro atoms. The molecule has 1 aromatic rings. The lowest BCUT2D eigenvalue weighted by Gasteiger charge is -2.10. The van der Waals surface area contributed by atoms with Crippen LogP contribution in [0.3, 0.4) is 0 Å². The standard InChI is InChI=1S/C8H11N3OS/c12-6-3-10-4-7(6)13-8-5-9-1-2-11-8/h1-2,5-7,10,12H,3-4H2. The minimum atomic E-state index is -0.271. The molecule has 2 rings (SSSR count). The van der Waals surface area contributed by atoms with Crippen LogP contribution in [-0.4, -0.2) is 39.5 Å². The summed E-state index contributed by atoms with van der Waals surface area (Å²) in [5.41, 5.74) is 0. The average Bonchev–Trinajstić information content (AvgIpc) is 2.54. The van der Waals surface area contributed by atoms with Crippen LogP contribution in [0.4, 0.5) is 0 Å². The van der Waals surface area contributed by atoms with Crippen molar-refractivity contribution in [2.24, 2.45) is 0 Å². The van der Waals surface area contributed by atoms with Crippen LogP contribution in [0.2, 0.25) is 0 Å². The maximum absolute atomic E-state index is 9.52. The Morgan fingerprint density at radius 3 is 3.00 bits per heavy atom. The lowest BCUT2D eigenvalue weighted by molar-refractivity contribution is 0.201. The second kappa shape index (κ2) is 4.04. The molecule has 0 radical (unpaired) electrons. The topological polar surface area (TPSA) is 58.0 Å². The van der Waals surface area contributed by atoms with Crippen LogP contribution in [0.15, 0.2) is 23.6 Å². The van der Waals surface area contributed by atoms with Gasteiger partial charge in [0.25, 0.3) is 0 Å². The van der Waals surface area contributed by atoms with Crippen molar-refractivity contribution in [3.05, 3.63) is 18.6 Å². The van der Waals surface area contributed by atoms with Crippen molar-refractivity contribution in [3.8, 4) is 0 Å². The molecule has 2 unspecified atom stereocenters. The Hall–Kier alpha value is -0.650. The normalized spacial score (nSPS) is 27.8. The fourth-order valence-corrected chi connectivity index (χ4v) is 2.27. The fourth-order valence-electron chi connectivity index (χ4n) is 1.26. The van der Waals surface area contributed by atoms with E-state index < -0.39 is 0 Å². The highest BCUT2D eigenvalue weighted by molar-refractivity contribution is 8.00. The number of hydrogen-bond acceptors (Lipinski definition) is 5. The van der Waals surface area contributed by atoms with E-state index in [1.165, 1.54) is 0 Å². The molecule has 0 aliphatic carbocycles. The van der Waals surface area contributed by atoms with E-state index in [9.17, 15) is 5.11 Å². The third-order valence-corrected chi connectivity index (χ3v) is 3.18. The molecule has 0 bridgehead atoms. The summed E-state index contributed by atoms with van der Waals surface area (Å²) < 4.78 is 0. The number of aromatic nitrogens is 2. The minimum Gasteiger partial charge on any atom is -0.391 e. The molecule has 1 aromatic heterocycles. The summed E-state index contributed by atoms with van der Waals surface area (Å²) in [4.78, 5) is 8.10. The molecular formula is C8H11N3OS. The van der Waals surface area contributed by atoms with E-state index in [1.54, 1.807) is 30.4 Å². The summed E-state index contributed by atoms with van der Waals surface area (Å²) in [5, 5.41) is 13.7. The Labute approximate surface area is 80.8 Å². The van der Waals surface area contributed by atoms with Gasteiger partial charge in [0.15, 0.2) is 0 Å². The van der Waals surface area contributed by atoms with Gasteiger partial charge in [-0.15, -0.1) is 0 Å². The van der Waals surface area contributed by atoms with Gasteiger partial charge in [-0.25, -0.2) is 4.98 Å². The van der Waals surface area contributed by atoms with Gasteiger partial charge < -0.3 is 10.4 Å². The molecule has 13 heavy (non-hydrogen) atoms. The van der Waals surface area contributed by atoms with Gasteiger partial charge in [-0.1, -0.05) is 11.8 Å². The molecule has 2 heterocycles. The number of hydrogen-bond donors (Lipinski definition) is 2. The molecule has 5 heteroatoms. The van der Waals surface area contributed by atoms with Gasteiger partial charge in [0.2, 0.25) is 0 Å². The Morgan fingerprint density at radius 2 is 2.38 bits per heavy atom. The number of nitrogens with zero attached hydrogens (tertiary/aromatic N) is 2. The summed E-state index contributed by atoms with van der Waals surface area (Å²) in [6.07, 6.45) is 4.76. The highest BCUT2D eigenvalue weighted by Crippen LogP contribution is 2.24. The van der Waals surface area contributed by atoms with Gasteiger partial charge in [0.05, 0.1) is 17.6 Å². The summed E-state index contributed by atoms with van der Waals surface area (Å²) >= 11 is 1.57. The number of β-amino-alcohol motifs (C(OH)–C–C–N with tert-alkyl or cyclic N) is 1. The first-order chi connectivity index (χ1) is 6.36. The van der Waals surface area contributed by atoms with Gasteiger partial charge in [-0.05, 0) is 0 Å². The van der Waals surface area contributed by atoms with Crippen molar-refractivity contribution in [1.82, 2.24) is 15.3 Å². The molecule has 1 aliphatic heterocycles. The number of aliphatic hydroxyl groups is 1. The average molecular weight is 197 g/mol. The summed E-state index contributed by atoms with van der Waals surface area (Å²) in [6, 6.07) is 0. The van der Waals surface area contributed by atoms with Crippen LogP contribution in [0.1, 0.15) is 0 Å². The zero-order chi connectivity index (χ0) is 9.10. The quantitative estimate of drug-likeness (QED) is 0.693. The maximum Gasteiger partial charge on any atom is 0.115 e. The number of aliphatic hydroxyl groups excluding tert-OH is 1. The number of nitrogens with one attached hydrogen (secondary N) is 1. The van der Waals surface area contributed by atoms with Gasteiger partial charge in [0.1, 0.15) is 5.03 Å². The second-order valence-electron chi connectivity index (χ2n) is 2.93. The van der Waals surface area contributed by atoms with E-state index in [2.05, 4.69) is 15.3 Å². The number of thioether (sulfide) groups is 1. The van der Waals surface area contributed by atoms with Crippen LogP contribution < -0.4 is 5.32 Å². The summed E-state index contributed by atoms with van der Waals surface area (Å²) in [7, 11) is 0. The van der Waals surface area contributed by atoms with E-state index in [1.807, 2.05) is 0 Å². The molecule has 0 amide bonds. The molecule has 2 atom stereocenters. The zero-order valence-electron chi connectivity index (χ0n) is 7.05. The van der Waals surface area contributed by atoms with E-state index in [0.717, 1.165) is 11.6 Å². The minimum absolute atomic E-state index is 0.205. The monoisotopic (exact) mass is 197 g/mol. The first-order valence-electron chi connectivity index (χ1n) is 4.18. The van der Waals surface area contributed by atoms with Crippen LogP contribution in [0.25, 0.3) is 0 Å². The third kappa shape index (κ3) is 2.18. The first-order valence-corrected chi connectivity index (χ1v) is 5.05. The lowest BCUT2D eigenvalue weighted by atomic mass is 10.3. The first kappa shape index (κ1) is 8.93.